The maximum atomic E-state index is 11.6. The van der Waals surface area contributed by atoms with E-state index in [1.807, 2.05) is 6.92 Å². The van der Waals surface area contributed by atoms with Crippen LogP contribution in [-0.4, -0.2) is 28.1 Å². The van der Waals surface area contributed by atoms with E-state index in [1.165, 1.54) is 16.7 Å². The van der Waals surface area contributed by atoms with Crippen molar-refractivity contribution in [1.29, 1.82) is 0 Å². The summed E-state index contributed by atoms with van der Waals surface area (Å²) < 4.78 is 0. The van der Waals surface area contributed by atoms with Gasteiger partial charge in [0.2, 0.25) is 0 Å². The molecule has 3 nitrogen and oxygen atoms in total. The van der Waals surface area contributed by atoms with Crippen molar-refractivity contribution < 1.29 is 9.90 Å². The molecule has 104 valence electrons. The molecular weight excluding hydrogens is 238 g/mol. The number of carboxylic acid groups (broad SMARTS) is 1. The summed E-state index contributed by atoms with van der Waals surface area (Å²) in [5.74, 6) is -0.670. The molecule has 2 rings (SSSR count). The largest absolute Gasteiger partial charge is 0.480 e. The SMILES string of the molecule is CCC1(C(=O)O)CCCN1Cc1ccc(C)c(C)c1. The van der Waals surface area contributed by atoms with Gasteiger partial charge in [-0.3, -0.25) is 9.69 Å². The summed E-state index contributed by atoms with van der Waals surface area (Å²) in [6, 6.07) is 6.41. The standard InChI is InChI=1S/C16H23NO2/c1-4-16(15(18)19)8-5-9-17(16)11-14-7-6-12(2)13(3)10-14/h6-7,10H,4-5,8-9,11H2,1-3H3,(H,18,19). The average Bonchev–Trinajstić information content (AvgIpc) is 2.78. The number of carboxylic acids is 1. The van der Waals surface area contributed by atoms with Crippen LogP contribution in [0.3, 0.4) is 0 Å². The van der Waals surface area contributed by atoms with E-state index in [1.54, 1.807) is 0 Å². The smallest absolute Gasteiger partial charge is 0.324 e. The highest BCUT2D eigenvalue weighted by Gasteiger charge is 2.45. The van der Waals surface area contributed by atoms with E-state index in [4.69, 9.17) is 0 Å². The summed E-state index contributed by atoms with van der Waals surface area (Å²) in [7, 11) is 0. The van der Waals surface area contributed by atoms with Crippen LogP contribution in [0.25, 0.3) is 0 Å². The molecule has 1 unspecified atom stereocenters. The summed E-state index contributed by atoms with van der Waals surface area (Å²) in [6.07, 6.45) is 2.42. The normalized spacial score (nSPS) is 23.7. The fourth-order valence-corrected chi connectivity index (χ4v) is 3.08. The lowest BCUT2D eigenvalue weighted by atomic mass is 9.92. The lowest BCUT2D eigenvalue weighted by molar-refractivity contribution is -0.150. The van der Waals surface area contributed by atoms with Gasteiger partial charge < -0.3 is 5.11 Å². The molecule has 0 spiro atoms. The molecule has 0 amide bonds. The van der Waals surface area contributed by atoms with Crippen molar-refractivity contribution in [2.45, 2.75) is 52.1 Å². The Bertz CT molecular complexity index is 484. The van der Waals surface area contributed by atoms with E-state index in [2.05, 4.69) is 36.9 Å². The van der Waals surface area contributed by atoms with Crippen molar-refractivity contribution >= 4 is 5.97 Å². The molecular formula is C16H23NO2. The van der Waals surface area contributed by atoms with E-state index in [9.17, 15) is 9.90 Å². The van der Waals surface area contributed by atoms with Crippen molar-refractivity contribution in [3.8, 4) is 0 Å². The van der Waals surface area contributed by atoms with Gasteiger partial charge >= 0.3 is 5.97 Å². The first-order valence-corrected chi connectivity index (χ1v) is 7.04. The Labute approximate surface area is 115 Å². The zero-order valence-electron chi connectivity index (χ0n) is 12.1. The van der Waals surface area contributed by atoms with E-state index in [-0.39, 0.29) is 0 Å². The van der Waals surface area contributed by atoms with Crippen LogP contribution in [0.2, 0.25) is 0 Å². The quantitative estimate of drug-likeness (QED) is 0.905. The van der Waals surface area contributed by atoms with Gasteiger partial charge in [-0.05, 0) is 56.3 Å². The van der Waals surface area contributed by atoms with E-state index in [0.717, 1.165) is 25.9 Å². The molecule has 1 aliphatic rings. The van der Waals surface area contributed by atoms with Gasteiger partial charge in [0.15, 0.2) is 0 Å². The number of likely N-dealkylation sites (tertiary alicyclic amines) is 1. The number of benzene rings is 1. The Balaban J connectivity index is 2.21. The summed E-state index contributed by atoms with van der Waals surface area (Å²) >= 11 is 0. The zero-order chi connectivity index (χ0) is 14.0. The van der Waals surface area contributed by atoms with E-state index >= 15 is 0 Å². The molecule has 1 saturated heterocycles. The van der Waals surface area contributed by atoms with Crippen molar-refractivity contribution in [3.05, 3.63) is 34.9 Å². The van der Waals surface area contributed by atoms with Gasteiger partial charge in [-0.15, -0.1) is 0 Å². The molecule has 1 N–H and O–H groups in total. The van der Waals surface area contributed by atoms with Gasteiger partial charge in [0.05, 0.1) is 0 Å². The first-order valence-electron chi connectivity index (χ1n) is 7.04. The zero-order valence-corrected chi connectivity index (χ0v) is 12.1. The number of carbonyl (C=O) groups is 1. The molecule has 1 heterocycles. The third-order valence-electron chi connectivity index (χ3n) is 4.55. The Morgan fingerprint density at radius 1 is 1.37 bits per heavy atom. The van der Waals surface area contributed by atoms with Crippen LogP contribution in [0.5, 0.6) is 0 Å². The van der Waals surface area contributed by atoms with Crippen molar-refractivity contribution in [1.82, 2.24) is 4.90 Å². The van der Waals surface area contributed by atoms with Crippen LogP contribution in [0, 0.1) is 13.8 Å². The Morgan fingerprint density at radius 3 is 2.68 bits per heavy atom. The van der Waals surface area contributed by atoms with Crippen LogP contribution >= 0.6 is 0 Å². The number of rotatable bonds is 4. The minimum atomic E-state index is -0.670. The molecule has 0 aliphatic carbocycles. The lowest BCUT2D eigenvalue weighted by Crippen LogP contribution is -2.49. The molecule has 1 aromatic rings. The van der Waals surface area contributed by atoms with Crippen LogP contribution in [-0.2, 0) is 11.3 Å². The molecule has 0 bridgehead atoms. The number of aryl methyl sites for hydroxylation is 2. The molecule has 3 heteroatoms. The molecule has 1 atom stereocenters. The van der Waals surface area contributed by atoms with Crippen LogP contribution in [0.4, 0.5) is 0 Å². The van der Waals surface area contributed by atoms with Gasteiger partial charge in [0.1, 0.15) is 5.54 Å². The highest BCUT2D eigenvalue weighted by atomic mass is 16.4. The van der Waals surface area contributed by atoms with Crippen LogP contribution < -0.4 is 0 Å². The van der Waals surface area contributed by atoms with Gasteiger partial charge in [-0.25, -0.2) is 0 Å². The minimum Gasteiger partial charge on any atom is -0.480 e. The first kappa shape index (κ1) is 14.1. The number of hydrogen-bond acceptors (Lipinski definition) is 2. The van der Waals surface area contributed by atoms with Crippen molar-refractivity contribution in [3.63, 3.8) is 0 Å². The monoisotopic (exact) mass is 261 g/mol. The van der Waals surface area contributed by atoms with E-state index < -0.39 is 11.5 Å². The first-order chi connectivity index (χ1) is 8.99. The maximum absolute atomic E-state index is 11.6. The van der Waals surface area contributed by atoms with Crippen LogP contribution in [0.15, 0.2) is 18.2 Å². The Morgan fingerprint density at radius 2 is 2.11 bits per heavy atom. The number of aliphatic carboxylic acids is 1. The highest BCUT2D eigenvalue weighted by molar-refractivity contribution is 5.79. The van der Waals surface area contributed by atoms with Gasteiger partial charge in [0.25, 0.3) is 0 Å². The van der Waals surface area contributed by atoms with Crippen molar-refractivity contribution in [2.24, 2.45) is 0 Å². The van der Waals surface area contributed by atoms with E-state index in [0.29, 0.717) is 6.42 Å². The minimum absolute atomic E-state index is 0.654. The fourth-order valence-electron chi connectivity index (χ4n) is 3.08. The molecule has 19 heavy (non-hydrogen) atoms. The second-order valence-electron chi connectivity index (χ2n) is 5.63. The summed E-state index contributed by atoms with van der Waals surface area (Å²) in [5, 5.41) is 9.57. The topological polar surface area (TPSA) is 40.5 Å². The number of nitrogens with zero attached hydrogens (tertiary/aromatic N) is 1. The average molecular weight is 261 g/mol. The predicted octanol–water partition coefficient (Wildman–Crippen LogP) is 3.13. The van der Waals surface area contributed by atoms with Gasteiger partial charge in [-0.2, -0.15) is 0 Å². The highest BCUT2D eigenvalue weighted by Crippen LogP contribution is 2.34. The second kappa shape index (κ2) is 5.33. The summed E-state index contributed by atoms with van der Waals surface area (Å²) in [5.41, 5.74) is 3.11. The summed E-state index contributed by atoms with van der Waals surface area (Å²) in [4.78, 5) is 13.8. The van der Waals surface area contributed by atoms with Gasteiger partial charge in [-0.1, -0.05) is 25.1 Å². The molecule has 0 aromatic heterocycles. The third kappa shape index (κ3) is 2.52. The van der Waals surface area contributed by atoms with Gasteiger partial charge in [0, 0.05) is 6.54 Å². The molecule has 1 aliphatic heterocycles. The van der Waals surface area contributed by atoms with Crippen LogP contribution in [0.1, 0.15) is 42.9 Å². The summed E-state index contributed by atoms with van der Waals surface area (Å²) in [6.45, 7) is 7.80. The molecule has 1 aromatic carbocycles. The fraction of sp³-hybridized carbons (Fsp3) is 0.562. The Hall–Kier alpha value is -1.35. The maximum Gasteiger partial charge on any atom is 0.324 e. The number of hydrogen-bond donors (Lipinski definition) is 1. The predicted molar refractivity (Wildman–Crippen MR) is 76.2 cm³/mol. The molecule has 1 fully saturated rings. The molecule has 0 saturated carbocycles. The molecule has 0 radical (unpaired) electrons. The Kier molecular flexibility index (Phi) is 3.95. The second-order valence-corrected chi connectivity index (χ2v) is 5.63. The lowest BCUT2D eigenvalue weighted by Gasteiger charge is -2.34. The third-order valence-corrected chi connectivity index (χ3v) is 4.55. The van der Waals surface area contributed by atoms with Crippen molar-refractivity contribution in [2.75, 3.05) is 6.54 Å².